The largest absolute Gasteiger partial charge is 0.217 e. The molecule has 0 saturated heterocycles. The van der Waals surface area contributed by atoms with E-state index in [-0.39, 0.29) is 5.69 Å². The molecule has 0 aliphatic rings. The standard InChI is InChI=1S/C18H13ClN4S/c1-12-2-8-15(9-3-12)24-11-17-21-16(10-20)18(23-22-17)13-4-6-14(19)7-5-13/h2-9H,11H2,1H3. The number of hydrogen-bond acceptors (Lipinski definition) is 5. The molecule has 0 aliphatic heterocycles. The zero-order valence-corrected chi connectivity index (χ0v) is 14.5. The second-order valence-corrected chi connectivity index (χ2v) is 6.63. The van der Waals surface area contributed by atoms with Crippen LogP contribution in [0.25, 0.3) is 11.3 Å². The molecular formula is C18H13ClN4S. The summed E-state index contributed by atoms with van der Waals surface area (Å²) in [5, 5.41) is 18.3. The molecule has 2 aromatic carbocycles. The maximum absolute atomic E-state index is 9.36. The van der Waals surface area contributed by atoms with E-state index in [1.54, 1.807) is 36.0 Å². The van der Waals surface area contributed by atoms with E-state index in [2.05, 4.69) is 52.4 Å². The van der Waals surface area contributed by atoms with Crippen LogP contribution in [0, 0.1) is 18.3 Å². The fourth-order valence-corrected chi connectivity index (χ4v) is 2.96. The minimum Gasteiger partial charge on any atom is -0.217 e. The number of thioether (sulfide) groups is 1. The lowest BCUT2D eigenvalue weighted by Gasteiger charge is -2.05. The smallest absolute Gasteiger partial charge is 0.170 e. The van der Waals surface area contributed by atoms with Gasteiger partial charge in [0.2, 0.25) is 0 Å². The molecule has 0 N–H and O–H groups in total. The van der Waals surface area contributed by atoms with E-state index in [1.165, 1.54) is 5.56 Å². The molecule has 6 heteroatoms. The number of rotatable bonds is 4. The molecule has 0 unspecified atom stereocenters. The molecule has 0 aliphatic carbocycles. The van der Waals surface area contributed by atoms with E-state index in [9.17, 15) is 5.26 Å². The van der Waals surface area contributed by atoms with E-state index in [4.69, 9.17) is 11.6 Å². The molecule has 24 heavy (non-hydrogen) atoms. The Balaban J connectivity index is 1.80. The number of nitrogens with zero attached hydrogens (tertiary/aromatic N) is 4. The van der Waals surface area contributed by atoms with Gasteiger partial charge < -0.3 is 0 Å². The van der Waals surface area contributed by atoms with Gasteiger partial charge in [0.15, 0.2) is 11.5 Å². The van der Waals surface area contributed by atoms with Gasteiger partial charge in [0.05, 0.1) is 5.75 Å². The van der Waals surface area contributed by atoms with Crippen molar-refractivity contribution in [3.8, 4) is 17.3 Å². The summed E-state index contributed by atoms with van der Waals surface area (Å²) in [6, 6.07) is 17.4. The number of aryl methyl sites for hydroxylation is 1. The number of benzene rings is 2. The van der Waals surface area contributed by atoms with Crippen LogP contribution >= 0.6 is 23.4 Å². The van der Waals surface area contributed by atoms with Gasteiger partial charge in [0.1, 0.15) is 11.8 Å². The molecule has 3 aromatic rings. The summed E-state index contributed by atoms with van der Waals surface area (Å²) in [7, 11) is 0. The van der Waals surface area contributed by atoms with Crippen molar-refractivity contribution in [2.24, 2.45) is 0 Å². The molecule has 0 atom stereocenters. The van der Waals surface area contributed by atoms with Crippen molar-refractivity contribution in [2.45, 2.75) is 17.6 Å². The summed E-state index contributed by atoms with van der Waals surface area (Å²) >= 11 is 7.50. The third kappa shape index (κ3) is 3.91. The van der Waals surface area contributed by atoms with Crippen molar-refractivity contribution < 1.29 is 0 Å². The average Bonchev–Trinajstić information content (AvgIpc) is 2.62. The Labute approximate surface area is 149 Å². The Morgan fingerprint density at radius 3 is 2.42 bits per heavy atom. The van der Waals surface area contributed by atoms with Crippen LogP contribution in [0.15, 0.2) is 53.4 Å². The third-order valence-electron chi connectivity index (χ3n) is 3.34. The summed E-state index contributed by atoms with van der Waals surface area (Å²) in [5.41, 5.74) is 2.73. The zero-order chi connectivity index (χ0) is 16.9. The Kier molecular flexibility index (Phi) is 5.09. The van der Waals surface area contributed by atoms with Crippen LogP contribution < -0.4 is 0 Å². The Morgan fingerprint density at radius 1 is 1.04 bits per heavy atom. The molecule has 0 fully saturated rings. The molecule has 3 rings (SSSR count). The third-order valence-corrected chi connectivity index (χ3v) is 4.60. The number of aromatic nitrogens is 3. The van der Waals surface area contributed by atoms with Crippen LogP contribution in [-0.4, -0.2) is 15.2 Å². The predicted octanol–water partition coefficient (Wildman–Crippen LogP) is 4.66. The molecule has 0 amide bonds. The van der Waals surface area contributed by atoms with Crippen LogP contribution in [0.4, 0.5) is 0 Å². The molecular weight excluding hydrogens is 340 g/mol. The van der Waals surface area contributed by atoms with Gasteiger partial charge in [0, 0.05) is 15.5 Å². The lowest BCUT2D eigenvalue weighted by Crippen LogP contribution is -2.02. The van der Waals surface area contributed by atoms with Gasteiger partial charge >= 0.3 is 0 Å². The van der Waals surface area contributed by atoms with Crippen LogP contribution in [0.1, 0.15) is 17.1 Å². The molecule has 118 valence electrons. The van der Waals surface area contributed by atoms with E-state index in [0.717, 1.165) is 10.5 Å². The monoisotopic (exact) mass is 352 g/mol. The van der Waals surface area contributed by atoms with Gasteiger partial charge in [-0.2, -0.15) is 5.26 Å². The van der Waals surface area contributed by atoms with Crippen molar-refractivity contribution in [1.29, 1.82) is 5.26 Å². The molecule has 1 heterocycles. The minimum atomic E-state index is 0.270. The summed E-state index contributed by atoms with van der Waals surface area (Å²) in [6.45, 7) is 2.05. The number of hydrogen-bond donors (Lipinski definition) is 0. The fourth-order valence-electron chi connectivity index (χ4n) is 2.08. The molecule has 4 nitrogen and oxygen atoms in total. The number of halogens is 1. The zero-order valence-electron chi connectivity index (χ0n) is 12.9. The maximum atomic E-state index is 9.36. The van der Waals surface area contributed by atoms with E-state index in [0.29, 0.717) is 22.3 Å². The van der Waals surface area contributed by atoms with E-state index in [1.807, 2.05) is 0 Å². The first kappa shape index (κ1) is 16.4. The van der Waals surface area contributed by atoms with Gasteiger partial charge in [0.25, 0.3) is 0 Å². The van der Waals surface area contributed by atoms with Crippen molar-refractivity contribution >= 4 is 23.4 Å². The van der Waals surface area contributed by atoms with Gasteiger partial charge in [-0.1, -0.05) is 41.4 Å². The van der Waals surface area contributed by atoms with Crippen LogP contribution in [0.2, 0.25) is 5.02 Å². The first-order valence-electron chi connectivity index (χ1n) is 7.25. The van der Waals surface area contributed by atoms with Crippen molar-refractivity contribution in [2.75, 3.05) is 0 Å². The summed E-state index contributed by atoms with van der Waals surface area (Å²) in [4.78, 5) is 5.46. The van der Waals surface area contributed by atoms with Crippen molar-refractivity contribution in [3.05, 3.63) is 70.6 Å². The molecule has 0 spiro atoms. The highest BCUT2D eigenvalue weighted by Crippen LogP contribution is 2.24. The Hall–Kier alpha value is -2.42. The number of nitriles is 1. The second-order valence-electron chi connectivity index (χ2n) is 5.15. The molecule has 0 bridgehead atoms. The van der Waals surface area contributed by atoms with Crippen molar-refractivity contribution in [3.63, 3.8) is 0 Å². The maximum Gasteiger partial charge on any atom is 0.170 e. The van der Waals surface area contributed by atoms with Crippen molar-refractivity contribution in [1.82, 2.24) is 15.2 Å². The average molecular weight is 353 g/mol. The van der Waals surface area contributed by atoms with Gasteiger partial charge in [-0.05, 0) is 31.2 Å². The lowest BCUT2D eigenvalue weighted by molar-refractivity contribution is 0.894. The topological polar surface area (TPSA) is 62.5 Å². The molecule has 1 aromatic heterocycles. The van der Waals surface area contributed by atoms with Gasteiger partial charge in [-0.3, -0.25) is 0 Å². The summed E-state index contributed by atoms with van der Waals surface area (Å²) < 4.78 is 0. The minimum absolute atomic E-state index is 0.270. The highest BCUT2D eigenvalue weighted by molar-refractivity contribution is 7.98. The fraction of sp³-hybridized carbons (Fsp3) is 0.111. The highest BCUT2D eigenvalue weighted by atomic mass is 35.5. The normalized spacial score (nSPS) is 10.4. The van der Waals surface area contributed by atoms with Crippen LogP contribution in [0.5, 0.6) is 0 Å². The first-order chi connectivity index (χ1) is 11.7. The van der Waals surface area contributed by atoms with E-state index < -0.39 is 0 Å². The second kappa shape index (κ2) is 7.43. The Morgan fingerprint density at radius 2 is 1.75 bits per heavy atom. The SMILES string of the molecule is Cc1ccc(SCc2nnc(-c3ccc(Cl)cc3)c(C#N)n2)cc1. The quantitative estimate of drug-likeness (QED) is 0.639. The van der Waals surface area contributed by atoms with Gasteiger partial charge in [-0.25, -0.2) is 4.98 Å². The van der Waals surface area contributed by atoms with Gasteiger partial charge in [-0.15, -0.1) is 22.0 Å². The molecule has 0 radical (unpaired) electrons. The molecule has 0 saturated carbocycles. The van der Waals surface area contributed by atoms with Crippen LogP contribution in [-0.2, 0) is 5.75 Å². The van der Waals surface area contributed by atoms with Crippen LogP contribution in [0.3, 0.4) is 0 Å². The first-order valence-corrected chi connectivity index (χ1v) is 8.61. The summed E-state index contributed by atoms with van der Waals surface area (Å²) in [6.07, 6.45) is 0. The predicted molar refractivity (Wildman–Crippen MR) is 95.7 cm³/mol. The Bertz CT molecular complexity index is 886. The lowest BCUT2D eigenvalue weighted by atomic mass is 10.1. The van der Waals surface area contributed by atoms with E-state index >= 15 is 0 Å². The summed E-state index contributed by atoms with van der Waals surface area (Å²) in [5.74, 6) is 1.10. The highest BCUT2D eigenvalue weighted by Gasteiger charge is 2.11.